The highest BCUT2D eigenvalue weighted by Gasteiger charge is 2.53. The standard InChI is InChI=1S/C19H28O12/c1-26-10-4-3-9(5-11(10)27-2)29-17-15(14(23)13(22)12(6-20)30-17)31-18-16(24)19(25,7-21)8-28-18/h3-5,12-18,20-25H,6-8H2,1-2H3. The van der Waals surface area contributed by atoms with Crippen LogP contribution in [-0.4, -0.2) is 113 Å². The van der Waals surface area contributed by atoms with Crippen molar-refractivity contribution in [1.29, 1.82) is 0 Å². The van der Waals surface area contributed by atoms with E-state index in [1.807, 2.05) is 0 Å². The Morgan fingerprint density at radius 1 is 1.03 bits per heavy atom. The van der Waals surface area contributed by atoms with Crippen molar-refractivity contribution < 1.29 is 59.1 Å². The van der Waals surface area contributed by atoms with Crippen molar-refractivity contribution >= 4 is 0 Å². The number of rotatable bonds is 8. The average molecular weight is 448 g/mol. The number of hydrogen-bond acceptors (Lipinski definition) is 12. The summed E-state index contributed by atoms with van der Waals surface area (Å²) in [6.45, 7) is -1.80. The molecule has 0 aromatic heterocycles. The fourth-order valence-corrected chi connectivity index (χ4v) is 3.38. The summed E-state index contributed by atoms with van der Waals surface area (Å²) in [6.07, 6.45) is -10.2. The first-order valence-electron chi connectivity index (χ1n) is 9.57. The lowest BCUT2D eigenvalue weighted by atomic mass is 9.98. The third-order valence-corrected chi connectivity index (χ3v) is 5.30. The highest BCUT2D eigenvalue weighted by Crippen LogP contribution is 2.35. The monoisotopic (exact) mass is 448 g/mol. The largest absolute Gasteiger partial charge is 0.493 e. The molecular formula is C19H28O12. The molecule has 8 atom stereocenters. The third kappa shape index (κ3) is 4.72. The minimum atomic E-state index is -1.95. The number of aliphatic hydroxyl groups excluding tert-OH is 5. The predicted molar refractivity (Wildman–Crippen MR) is 101 cm³/mol. The van der Waals surface area contributed by atoms with Gasteiger partial charge in [0.1, 0.15) is 35.8 Å². The molecule has 0 radical (unpaired) electrons. The lowest BCUT2D eigenvalue weighted by molar-refractivity contribution is -0.318. The van der Waals surface area contributed by atoms with Gasteiger partial charge in [0.05, 0.1) is 34.0 Å². The Labute approximate surface area is 178 Å². The van der Waals surface area contributed by atoms with E-state index in [-0.39, 0.29) is 5.75 Å². The quantitative estimate of drug-likeness (QED) is 0.244. The van der Waals surface area contributed by atoms with Crippen LogP contribution in [0.4, 0.5) is 0 Å². The zero-order chi connectivity index (χ0) is 22.8. The summed E-state index contributed by atoms with van der Waals surface area (Å²) in [5.41, 5.74) is -1.95. The van der Waals surface area contributed by atoms with Crippen molar-refractivity contribution in [1.82, 2.24) is 0 Å². The molecule has 176 valence electrons. The maximum atomic E-state index is 10.6. The van der Waals surface area contributed by atoms with E-state index in [1.165, 1.54) is 20.3 Å². The molecule has 2 saturated heterocycles. The van der Waals surface area contributed by atoms with Crippen molar-refractivity contribution in [2.45, 2.75) is 48.7 Å². The SMILES string of the molecule is COc1ccc(OC2OC(CO)C(O)C(O)C2OC2OCC(O)(CO)C2O)cc1OC. The molecule has 2 heterocycles. The molecule has 12 heteroatoms. The van der Waals surface area contributed by atoms with E-state index in [0.717, 1.165) is 0 Å². The van der Waals surface area contributed by atoms with Crippen LogP contribution in [0.5, 0.6) is 17.2 Å². The second-order valence-electron chi connectivity index (χ2n) is 7.33. The molecule has 2 aliphatic rings. The fraction of sp³-hybridized carbons (Fsp3) is 0.684. The molecule has 31 heavy (non-hydrogen) atoms. The van der Waals surface area contributed by atoms with Gasteiger partial charge in [-0.05, 0) is 12.1 Å². The van der Waals surface area contributed by atoms with Crippen LogP contribution in [0.25, 0.3) is 0 Å². The number of benzene rings is 1. The molecule has 1 aromatic rings. The summed E-state index contributed by atoms with van der Waals surface area (Å²) in [6, 6.07) is 4.61. The van der Waals surface area contributed by atoms with Gasteiger partial charge < -0.3 is 59.1 Å². The van der Waals surface area contributed by atoms with Crippen LogP contribution < -0.4 is 14.2 Å². The summed E-state index contributed by atoms with van der Waals surface area (Å²) in [5, 5.41) is 59.9. The Kier molecular flexibility index (Phi) is 7.57. The van der Waals surface area contributed by atoms with Gasteiger partial charge in [0.2, 0.25) is 6.29 Å². The molecule has 0 aliphatic carbocycles. The average Bonchev–Trinajstić information content (AvgIpc) is 3.07. The molecule has 3 rings (SSSR count). The Morgan fingerprint density at radius 3 is 2.32 bits per heavy atom. The molecule has 2 fully saturated rings. The van der Waals surface area contributed by atoms with Crippen LogP contribution in [0.3, 0.4) is 0 Å². The van der Waals surface area contributed by atoms with Crippen LogP contribution in [0.2, 0.25) is 0 Å². The molecule has 0 spiro atoms. The van der Waals surface area contributed by atoms with Crippen LogP contribution in [0, 0.1) is 0 Å². The minimum absolute atomic E-state index is 0.233. The second-order valence-corrected chi connectivity index (χ2v) is 7.33. The minimum Gasteiger partial charge on any atom is -0.493 e. The van der Waals surface area contributed by atoms with Crippen molar-refractivity contribution in [3.05, 3.63) is 18.2 Å². The summed E-state index contributed by atoms with van der Waals surface area (Å²) >= 11 is 0. The molecule has 12 nitrogen and oxygen atoms in total. The van der Waals surface area contributed by atoms with Crippen molar-refractivity contribution in [3.8, 4) is 17.2 Å². The van der Waals surface area contributed by atoms with Crippen molar-refractivity contribution in [2.75, 3.05) is 34.0 Å². The molecule has 8 unspecified atom stereocenters. The van der Waals surface area contributed by atoms with Crippen LogP contribution in [0.1, 0.15) is 0 Å². The molecule has 1 aromatic carbocycles. The fourth-order valence-electron chi connectivity index (χ4n) is 3.38. The van der Waals surface area contributed by atoms with Gasteiger partial charge in [-0.2, -0.15) is 0 Å². The summed E-state index contributed by atoms with van der Waals surface area (Å²) < 4.78 is 32.5. The van der Waals surface area contributed by atoms with Crippen LogP contribution in [0.15, 0.2) is 18.2 Å². The molecule has 0 bridgehead atoms. The molecule has 0 amide bonds. The first kappa shape index (κ1) is 23.9. The van der Waals surface area contributed by atoms with Gasteiger partial charge in [-0.1, -0.05) is 0 Å². The van der Waals surface area contributed by atoms with Crippen molar-refractivity contribution in [2.24, 2.45) is 0 Å². The molecular weight excluding hydrogens is 420 g/mol. The van der Waals surface area contributed by atoms with Gasteiger partial charge in [0.25, 0.3) is 0 Å². The molecule has 6 N–H and O–H groups in total. The first-order chi connectivity index (χ1) is 14.8. The van der Waals surface area contributed by atoms with E-state index in [4.69, 9.17) is 28.4 Å². The topological polar surface area (TPSA) is 177 Å². The van der Waals surface area contributed by atoms with Gasteiger partial charge in [-0.3, -0.25) is 0 Å². The zero-order valence-corrected chi connectivity index (χ0v) is 17.0. The smallest absolute Gasteiger partial charge is 0.229 e. The van der Waals surface area contributed by atoms with Gasteiger partial charge in [-0.15, -0.1) is 0 Å². The van der Waals surface area contributed by atoms with E-state index in [0.29, 0.717) is 11.5 Å². The van der Waals surface area contributed by atoms with Crippen LogP contribution in [-0.2, 0) is 14.2 Å². The normalized spacial score (nSPS) is 38.1. The van der Waals surface area contributed by atoms with E-state index in [2.05, 4.69) is 0 Å². The summed E-state index contributed by atoms with van der Waals surface area (Å²) in [4.78, 5) is 0. The number of aliphatic hydroxyl groups is 6. The number of hydrogen-bond donors (Lipinski definition) is 6. The second kappa shape index (κ2) is 9.81. The third-order valence-electron chi connectivity index (χ3n) is 5.30. The van der Waals surface area contributed by atoms with Gasteiger partial charge >= 0.3 is 0 Å². The van der Waals surface area contributed by atoms with Gasteiger partial charge in [0, 0.05) is 6.07 Å². The van der Waals surface area contributed by atoms with E-state index in [9.17, 15) is 30.6 Å². The Hall–Kier alpha value is -1.74. The van der Waals surface area contributed by atoms with E-state index in [1.54, 1.807) is 12.1 Å². The first-order valence-corrected chi connectivity index (χ1v) is 9.57. The lowest BCUT2D eigenvalue weighted by Gasteiger charge is -2.42. The van der Waals surface area contributed by atoms with Gasteiger partial charge in [0.15, 0.2) is 23.9 Å². The summed E-state index contributed by atoms with van der Waals surface area (Å²) in [7, 11) is 2.91. The summed E-state index contributed by atoms with van der Waals surface area (Å²) in [5.74, 6) is 1.04. The number of methoxy groups -OCH3 is 2. The maximum Gasteiger partial charge on any atom is 0.229 e. The molecule has 2 aliphatic heterocycles. The van der Waals surface area contributed by atoms with E-state index < -0.39 is 68.5 Å². The maximum absolute atomic E-state index is 10.6. The Balaban J connectivity index is 1.82. The van der Waals surface area contributed by atoms with Gasteiger partial charge in [-0.25, -0.2) is 0 Å². The highest BCUT2D eigenvalue weighted by molar-refractivity contribution is 5.45. The Bertz CT molecular complexity index is 732. The predicted octanol–water partition coefficient (Wildman–Crippen LogP) is -2.65. The lowest BCUT2D eigenvalue weighted by Crippen LogP contribution is -2.62. The highest BCUT2D eigenvalue weighted by atomic mass is 16.8. The zero-order valence-electron chi connectivity index (χ0n) is 17.0. The Morgan fingerprint density at radius 2 is 1.74 bits per heavy atom. The van der Waals surface area contributed by atoms with Crippen LogP contribution >= 0.6 is 0 Å². The molecule has 0 saturated carbocycles. The van der Waals surface area contributed by atoms with Crippen molar-refractivity contribution in [3.63, 3.8) is 0 Å². The van der Waals surface area contributed by atoms with E-state index >= 15 is 0 Å². The number of ether oxygens (including phenoxy) is 6.